The first-order valence-electron chi connectivity index (χ1n) is 9.17. The van der Waals surface area contributed by atoms with Gasteiger partial charge in [-0.3, -0.25) is 4.79 Å². The van der Waals surface area contributed by atoms with Crippen LogP contribution in [0, 0.1) is 0 Å². The summed E-state index contributed by atoms with van der Waals surface area (Å²) in [5.74, 6) is 0.340. The Balaban J connectivity index is 1.66. The van der Waals surface area contributed by atoms with Gasteiger partial charge in [0.15, 0.2) is 6.10 Å². The Hall–Kier alpha value is -1.80. The van der Waals surface area contributed by atoms with E-state index >= 15 is 0 Å². The lowest BCUT2D eigenvalue weighted by atomic mass is 10.1. The number of carbonyl (C=O) groups is 1. The summed E-state index contributed by atoms with van der Waals surface area (Å²) >= 11 is 0. The average Bonchev–Trinajstić information content (AvgIpc) is 2.64. The fraction of sp³-hybridized carbons (Fsp3) is 0.611. The standard InChI is InChI=1S/C18H26N2O5S/c21-18(19-10-4-1-5-11-19)17-14-20(12-6-7-13-26(22,23)24)15-8-2-3-9-16(15)25-17/h2-3,8-9,17H,1,4-7,10-14H2,(H,22,23,24)/p-1/t17-/m1/s1. The Kier molecular flexibility index (Phi) is 6.03. The van der Waals surface area contributed by atoms with Crippen LogP contribution in [0.5, 0.6) is 5.75 Å². The van der Waals surface area contributed by atoms with Gasteiger partial charge in [-0.1, -0.05) is 12.1 Å². The van der Waals surface area contributed by atoms with Crippen LogP contribution in [-0.4, -0.2) is 61.8 Å². The van der Waals surface area contributed by atoms with Gasteiger partial charge in [-0.2, -0.15) is 0 Å². The highest BCUT2D eigenvalue weighted by Crippen LogP contribution is 2.33. The minimum absolute atomic E-state index is 0.0198. The zero-order valence-corrected chi connectivity index (χ0v) is 15.6. The van der Waals surface area contributed by atoms with Crippen LogP contribution in [0.1, 0.15) is 32.1 Å². The van der Waals surface area contributed by atoms with E-state index < -0.39 is 16.2 Å². The van der Waals surface area contributed by atoms with E-state index in [4.69, 9.17) is 4.74 Å². The van der Waals surface area contributed by atoms with Crippen molar-refractivity contribution in [2.24, 2.45) is 0 Å². The number of fused-ring (bicyclic) bond motifs is 1. The lowest BCUT2D eigenvalue weighted by molar-refractivity contribution is -0.139. The summed E-state index contributed by atoms with van der Waals surface area (Å²) in [6, 6.07) is 7.56. The molecule has 0 aromatic heterocycles. The molecule has 1 atom stereocenters. The molecule has 0 spiro atoms. The molecule has 2 aliphatic heterocycles. The van der Waals surface area contributed by atoms with Crippen molar-refractivity contribution in [3.8, 4) is 5.75 Å². The van der Waals surface area contributed by atoms with Crippen LogP contribution in [0.15, 0.2) is 24.3 Å². The lowest BCUT2D eigenvalue weighted by Crippen LogP contribution is -2.51. The average molecular weight is 381 g/mol. The zero-order valence-electron chi connectivity index (χ0n) is 14.8. The maximum Gasteiger partial charge on any atom is 0.265 e. The van der Waals surface area contributed by atoms with E-state index in [9.17, 15) is 17.8 Å². The molecule has 1 amide bonds. The Morgan fingerprint density at radius 1 is 1.15 bits per heavy atom. The highest BCUT2D eigenvalue weighted by molar-refractivity contribution is 7.85. The third-order valence-corrected chi connectivity index (χ3v) is 5.67. The number of hydrogen-bond donors (Lipinski definition) is 0. The maximum absolute atomic E-state index is 12.8. The number of piperidine rings is 1. The molecule has 26 heavy (non-hydrogen) atoms. The van der Waals surface area contributed by atoms with Crippen LogP contribution in [0.4, 0.5) is 5.69 Å². The second-order valence-corrected chi connectivity index (χ2v) is 8.40. The summed E-state index contributed by atoms with van der Waals surface area (Å²) < 4.78 is 38.2. The smallest absolute Gasteiger partial charge is 0.265 e. The second-order valence-electron chi connectivity index (χ2n) is 6.88. The van der Waals surface area contributed by atoms with E-state index in [1.807, 2.05) is 29.2 Å². The Bertz CT molecular complexity index is 731. The van der Waals surface area contributed by atoms with Crippen LogP contribution in [0.25, 0.3) is 0 Å². The number of benzene rings is 1. The van der Waals surface area contributed by atoms with Gasteiger partial charge in [0.05, 0.1) is 22.4 Å². The third kappa shape index (κ3) is 4.88. The molecule has 1 aromatic carbocycles. The van der Waals surface area contributed by atoms with Crippen LogP contribution < -0.4 is 9.64 Å². The maximum atomic E-state index is 12.8. The highest BCUT2D eigenvalue weighted by Gasteiger charge is 2.33. The number of rotatable bonds is 6. The molecule has 144 valence electrons. The summed E-state index contributed by atoms with van der Waals surface area (Å²) in [6.45, 7) is 2.58. The normalized spacial score (nSPS) is 20.4. The molecule has 0 radical (unpaired) electrons. The molecular formula is C18H25N2O5S-. The molecule has 7 nitrogen and oxygen atoms in total. The van der Waals surface area contributed by atoms with Crippen LogP contribution in [0.2, 0.25) is 0 Å². The molecule has 0 bridgehead atoms. The van der Waals surface area contributed by atoms with Crippen molar-refractivity contribution in [3.05, 3.63) is 24.3 Å². The molecular weight excluding hydrogens is 356 g/mol. The Labute approximate surface area is 154 Å². The van der Waals surface area contributed by atoms with Crippen molar-refractivity contribution in [1.29, 1.82) is 0 Å². The molecule has 3 rings (SSSR count). The number of carbonyl (C=O) groups excluding carboxylic acids is 1. The zero-order chi connectivity index (χ0) is 18.6. The minimum atomic E-state index is -4.18. The fourth-order valence-corrected chi connectivity index (χ4v) is 4.10. The van der Waals surface area contributed by atoms with Crippen molar-refractivity contribution in [3.63, 3.8) is 0 Å². The molecule has 1 fully saturated rings. The monoisotopic (exact) mass is 381 g/mol. The third-order valence-electron chi connectivity index (χ3n) is 4.88. The summed E-state index contributed by atoms with van der Waals surface area (Å²) in [7, 11) is -4.18. The first kappa shape index (κ1) is 19.0. The van der Waals surface area contributed by atoms with Crippen molar-refractivity contribution < 1.29 is 22.5 Å². The molecule has 0 aliphatic carbocycles. The van der Waals surface area contributed by atoms with E-state index in [-0.39, 0.29) is 11.7 Å². The number of amides is 1. The molecule has 8 heteroatoms. The van der Waals surface area contributed by atoms with Gasteiger partial charge in [-0.05, 0) is 44.2 Å². The number of unbranched alkanes of at least 4 members (excludes halogenated alkanes) is 1. The SMILES string of the molecule is O=C([C@H]1CN(CCCCS(=O)(=O)[O-])c2ccccc2O1)N1CCCCC1. The van der Waals surface area contributed by atoms with Crippen molar-refractivity contribution in [2.45, 2.75) is 38.2 Å². The van der Waals surface area contributed by atoms with Crippen molar-refractivity contribution in [1.82, 2.24) is 4.90 Å². The Morgan fingerprint density at radius 3 is 2.62 bits per heavy atom. The molecule has 2 heterocycles. The first-order chi connectivity index (χ1) is 12.4. The number of hydrogen-bond acceptors (Lipinski definition) is 6. The van der Waals surface area contributed by atoms with Gasteiger partial charge in [0.1, 0.15) is 5.75 Å². The molecule has 2 aliphatic rings. The quantitative estimate of drug-likeness (QED) is 0.549. The van der Waals surface area contributed by atoms with Gasteiger partial charge < -0.3 is 19.1 Å². The molecule has 0 N–H and O–H groups in total. The summed E-state index contributed by atoms with van der Waals surface area (Å²) in [4.78, 5) is 16.8. The van der Waals surface area contributed by atoms with Crippen molar-refractivity contribution in [2.75, 3.05) is 36.8 Å². The van der Waals surface area contributed by atoms with Gasteiger partial charge in [-0.15, -0.1) is 0 Å². The number of likely N-dealkylation sites (tertiary alicyclic amines) is 1. The van der Waals surface area contributed by atoms with Crippen LogP contribution >= 0.6 is 0 Å². The van der Waals surface area contributed by atoms with Gasteiger partial charge in [0, 0.05) is 25.4 Å². The van der Waals surface area contributed by atoms with E-state index in [1.54, 1.807) is 0 Å². The summed E-state index contributed by atoms with van der Waals surface area (Å²) in [5, 5.41) is 0. The van der Waals surface area contributed by atoms with E-state index in [1.165, 1.54) is 0 Å². The van der Waals surface area contributed by atoms with Crippen LogP contribution in [0.3, 0.4) is 0 Å². The second kappa shape index (κ2) is 8.26. The van der Waals surface area contributed by atoms with E-state index in [0.29, 0.717) is 31.7 Å². The van der Waals surface area contributed by atoms with Gasteiger partial charge in [-0.25, -0.2) is 8.42 Å². The predicted molar refractivity (Wildman–Crippen MR) is 97.3 cm³/mol. The Morgan fingerprint density at radius 2 is 1.88 bits per heavy atom. The topological polar surface area (TPSA) is 90.0 Å². The van der Waals surface area contributed by atoms with Crippen molar-refractivity contribution >= 4 is 21.7 Å². The fourth-order valence-electron chi connectivity index (χ4n) is 3.55. The first-order valence-corrected chi connectivity index (χ1v) is 10.7. The summed E-state index contributed by atoms with van der Waals surface area (Å²) in [5.41, 5.74) is 0.903. The van der Waals surface area contributed by atoms with E-state index in [2.05, 4.69) is 4.90 Å². The lowest BCUT2D eigenvalue weighted by Gasteiger charge is -2.38. The highest BCUT2D eigenvalue weighted by atomic mass is 32.2. The largest absolute Gasteiger partial charge is 0.748 e. The summed E-state index contributed by atoms with van der Waals surface area (Å²) in [6.07, 6.45) is 3.56. The number of nitrogens with zero attached hydrogens (tertiary/aromatic N) is 2. The predicted octanol–water partition coefficient (Wildman–Crippen LogP) is 1.59. The number of anilines is 1. The minimum Gasteiger partial charge on any atom is -0.748 e. The molecule has 0 saturated carbocycles. The van der Waals surface area contributed by atoms with Gasteiger partial charge in [0.25, 0.3) is 5.91 Å². The molecule has 1 saturated heterocycles. The van der Waals surface area contributed by atoms with E-state index in [0.717, 1.165) is 38.0 Å². The number of para-hydroxylation sites is 2. The van der Waals surface area contributed by atoms with Gasteiger partial charge >= 0.3 is 0 Å². The van der Waals surface area contributed by atoms with Crippen LogP contribution in [-0.2, 0) is 14.9 Å². The number of ether oxygens (including phenoxy) is 1. The molecule has 0 unspecified atom stereocenters. The van der Waals surface area contributed by atoms with Gasteiger partial charge in [0.2, 0.25) is 0 Å². The molecule has 1 aromatic rings.